The van der Waals surface area contributed by atoms with Gasteiger partial charge in [-0.2, -0.15) is 52.7 Å². The Bertz CT molecular complexity index is 361. The van der Waals surface area contributed by atoms with E-state index >= 15 is 0 Å². The van der Waals surface area contributed by atoms with Crippen LogP contribution in [0.15, 0.2) is 0 Å². The van der Waals surface area contributed by atoms with Gasteiger partial charge in [0.1, 0.15) is 0 Å². The van der Waals surface area contributed by atoms with Crippen LogP contribution in [-0.2, 0) is 9.47 Å². The fourth-order valence-electron chi connectivity index (χ4n) is 0.711. The van der Waals surface area contributed by atoms with Crippen LogP contribution in [-0.4, -0.2) is 43.2 Å². The number of rotatable bonds is 6. The molecule has 0 radical (unpaired) electrons. The van der Waals surface area contributed by atoms with Crippen LogP contribution in [0.2, 0.25) is 0 Å². The zero-order valence-corrected chi connectivity index (χ0v) is 9.76. The predicted octanol–water partition coefficient (Wildman–Crippen LogP) is 4.56. The number of halogens is 14. The van der Waals surface area contributed by atoms with Crippen molar-refractivity contribution < 1.29 is 70.9 Å². The van der Waals surface area contributed by atoms with E-state index in [0.29, 0.717) is 0 Å². The van der Waals surface area contributed by atoms with Crippen molar-refractivity contribution in [2.45, 2.75) is 43.2 Å². The molecule has 0 heterocycles. The van der Waals surface area contributed by atoms with Gasteiger partial charge in [-0.1, -0.05) is 0 Å². The zero-order chi connectivity index (χ0) is 19.1. The summed E-state index contributed by atoms with van der Waals surface area (Å²) in [5.74, 6) is -7.30. The van der Waals surface area contributed by atoms with Gasteiger partial charge >= 0.3 is 30.5 Å². The average molecular weight is 384 g/mol. The Kier molecular flexibility index (Phi) is 5.82. The van der Waals surface area contributed by atoms with Gasteiger partial charge in [0.25, 0.3) is 12.7 Å². The second-order valence-corrected chi connectivity index (χ2v) is 3.56. The molecule has 2 atom stereocenters. The highest BCUT2D eigenvalue weighted by molar-refractivity contribution is 4.87. The molecular formula is C7H2F14O2. The molecule has 140 valence electrons. The number of alkyl halides is 14. The topological polar surface area (TPSA) is 18.5 Å². The fraction of sp³-hybridized carbons (Fsp3) is 1.00. The van der Waals surface area contributed by atoms with Crippen LogP contribution in [0.1, 0.15) is 0 Å². The van der Waals surface area contributed by atoms with E-state index in [9.17, 15) is 61.5 Å². The van der Waals surface area contributed by atoms with Gasteiger partial charge in [-0.05, 0) is 0 Å². The van der Waals surface area contributed by atoms with Crippen molar-refractivity contribution in [2.75, 3.05) is 0 Å². The molecule has 2 unspecified atom stereocenters. The van der Waals surface area contributed by atoms with E-state index in [0.717, 1.165) is 0 Å². The average Bonchev–Trinajstić information content (AvgIpc) is 2.24. The lowest BCUT2D eigenvalue weighted by molar-refractivity contribution is -0.491. The maximum atomic E-state index is 12.7. The van der Waals surface area contributed by atoms with Crippen molar-refractivity contribution >= 4 is 0 Å². The second-order valence-electron chi connectivity index (χ2n) is 3.56. The first-order valence-corrected chi connectivity index (χ1v) is 4.66. The van der Waals surface area contributed by atoms with Gasteiger partial charge in [0, 0.05) is 0 Å². The van der Waals surface area contributed by atoms with E-state index in [1.54, 1.807) is 9.47 Å². The molecule has 2 nitrogen and oxygen atoms in total. The highest BCUT2D eigenvalue weighted by atomic mass is 19.4. The lowest BCUT2D eigenvalue weighted by Crippen LogP contribution is -2.59. The number of hydrogen-bond acceptors (Lipinski definition) is 2. The lowest BCUT2D eigenvalue weighted by Gasteiger charge is -2.33. The van der Waals surface area contributed by atoms with E-state index < -0.39 is 43.2 Å². The highest BCUT2D eigenvalue weighted by Gasteiger charge is 2.77. The SMILES string of the molecule is FC(OC(F)(F)C(F)(F)C(F)(F)OC(F)C(F)(F)F)C(F)(F)F. The Hall–Kier alpha value is -1.06. The molecule has 0 aromatic heterocycles. The summed E-state index contributed by atoms with van der Waals surface area (Å²) in [5, 5.41) is 0. The van der Waals surface area contributed by atoms with Crippen molar-refractivity contribution in [1.29, 1.82) is 0 Å². The standard InChI is InChI=1S/C7H2F14O2/c8-1(3(10,11)12)22-6(18,19)5(16,17)7(20,21)23-2(9)4(13,14)15/h1-2H. The highest BCUT2D eigenvalue weighted by Crippen LogP contribution is 2.49. The third kappa shape index (κ3) is 4.95. The molecule has 0 rings (SSSR count). The summed E-state index contributed by atoms with van der Waals surface area (Å²) < 4.78 is 172. The largest absolute Gasteiger partial charge is 0.445 e. The first-order chi connectivity index (χ1) is 9.76. The van der Waals surface area contributed by atoms with Gasteiger partial charge in [0.15, 0.2) is 0 Å². The molecule has 0 aromatic carbocycles. The third-order valence-corrected chi connectivity index (χ3v) is 1.75. The summed E-state index contributed by atoms with van der Waals surface area (Å²) in [4.78, 5) is 0. The second kappa shape index (κ2) is 6.10. The van der Waals surface area contributed by atoms with Gasteiger partial charge in [-0.25, -0.2) is 8.78 Å². The summed E-state index contributed by atoms with van der Waals surface area (Å²) in [6.45, 7) is 0. The van der Waals surface area contributed by atoms with Crippen LogP contribution < -0.4 is 0 Å². The maximum Gasteiger partial charge on any atom is 0.445 e. The molecule has 0 bridgehead atoms. The Labute approximate surface area is 115 Å². The van der Waals surface area contributed by atoms with Crippen LogP contribution in [0, 0.1) is 0 Å². The summed E-state index contributed by atoms with van der Waals surface area (Å²) in [5.41, 5.74) is 0. The normalized spacial score (nSPS) is 18.0. The van der Waals surface area contributed by atoms with Gasteiger partial charge in [-0.15, -0.1) is 0 Å². The lowest BCUT2D eigenvalue weighted by atomic mass is 10.3. The monoisotopic (exact) mass is 384 g/mol. The number of ether oxygens (including phenoxy) is 2. The molecule has 0 N–H and O–H groups in total. The van der Waals surface area contributed by atoms with E-state index in [-0.39, 0.29) is 0 Å². The summed E-state index contributed by atoms with van der Waals surface area (Å²) in [7, 11) is 0. The first-order valence-electron chi connectivity index (χ1n) is 4.66. The van der Waals surface area contributed by atoms with Crippen LogP contribution in [0.25, 0.3) is 0 Å². The molecule has 0 amide bonds. The number of hydrogen-bond donors (Lipinski definition) is 0. The minimum atomic E-state index is -7.30. The molecule has 0 fully saturated rings. The van der Waals surface area contributed by atoms with Crippen molar-refractivity contribution in [3.8, 4) is 0 Å². The molecule has 23 heavy (non-hydrogen) atoms. The fourth-order valence-corrected chi connectivity index (χ4v) is 0.711. The van der Waals surface area contributed by atoms with Crippen molar-refractivity contribution in [2.24, 2.45) is 0 Å². The van der Waals surface area contributed by atoms with Crippen molar-refractivity contribution in [3.05, 3.63) is 0 Å². The zero-order valence-electron chi connectivity index (χ0n) is 9.76. The van der Waals surface area contributed by atoms with Gasteiger partial charge in [0.05, 0.1) is 0 Å². The molecule has 0 aliphatic heterocycles. The molecule has 0 aliphatic carbocycles. The summed E-state index contributed by atoms with van der Waals surface area (Å²) in [6, 6.07) is 0. The van der Waals surface area contributed by atoms with Gasteiger partial charge in [-0.3, -0.25) is 9.47 Å². The van der Waals surface area contributed by atoms with Crippen LogP contribution in [0.3, 0.4) is 0 Å². The molecular weight excluding hydrogens is 382 g/mol. The minimum absolute atomic E-state index is 1.78. The minimum Gasteiger partial charge on any atom is -0.272 e. The third-order valence-electron chi connectivity index (χ3n) is 1.75. The molecule has 0 saturated heterocycles. The van der Waals surface area contributed by atoms with Crippen LogP contribution in [0.5, 0.6) is 0 Å². The predicted molar refractivity (Wildman–Crippen MR) is 38.9 cm³/mol. The van der Waals surface area contributed by atoms with E-state index in [4.69, 9.17) is 0 Å². The Balaban J connectivity index is 5.41. The van der Waals surface area contributed by atoms with Gasteiger partial charge in [0.2, 0.25) is 0 Å². The Morgan fingerprint density at radius 1 is 0.478 bits per heavy atom. The van der Waals surface area contributed by atoms with E-state index in [1.165, 1.54) is 0 Å². The molecule has 0 spiro atoms. The Morgan fingerprint density at radius 2 is 0.696 bits per heavy atom. The molecule has 16 heteroatoms. The van der Waals surface area contributed by atoms with Crippen molar-refractivity contribution in [1.82, 2.24) is 0 Å². The quantitative estimate of drug-likeness (QED) is 0.626. The smallest absolute Gasteiger partial charge is 0.272 e. The first kappa shape index (κ1) is 21.9. The summed E-state index contributed by atoms with van der Waals surface area (Å²) in [6.07, 6.45) is -37.2. The molecule has 0 aliphatic rings. The van der Waals surface area contributed by atoms with Crippen LogP contribution in [0.4, 0.5) is 61.5 Å². The summed E-state index contributed by atoms with van der Waals surface area (Å²) >= 11 is 0. The Morgan fingerprint density at radius 3 is 0.870 bits per heavy atom. The van der Waals surface area contributed by atoms with Crippen molar-refractivity contribution in [3.63, 3.8) is 0 Å². The van der Waals surface area contributed by atoms with Gasteiger partial charge < -0.3 is 0 Å². The molecule has 0 aromatic rings. The maximum absolute atomic E-state index is 12.7. The van der Waals surface area contributed by atoms with E-state index in [1.807, 2.05) is 0 Å². The molecule has 0 saturated carbocycles. The van der Waals surface area contributed by atoms with E-state index in [2.05, 4.69) is 0 Å². The van der Waals surface area contributed by atoms with Crippen LogP contribution >= 0.6 is 0 Å².